The van der Waals surface area contributed by atoms with Gasteiger partial charge in [0.05, 0.1) is 18.9 Å². The summed E-state index contributed by atoms with van der Waals surface area (Å²) in [5, 5.41) is 2.55. The van der Waals surface area contributed by atoms with Gasteiger partial charge in [0.25, 0.3) is 0 Å². The highest BCUT2D eigenvalue weighted by Gasteiger charge is 2.17. The van der Waals surface area contributed by atoms with Crippen molar-refractivity contribution in [2.75, 3.05) is 24.4 Å². The Morgan fingerprint density at radius 1 is 1.58 bits per heavy atom. The molecule has 0 fully saturated rings. The summed E-state index contributed by atoms with van der Waals surface area (Å²) < 4.78 is 27.0. The van der Waals surface area contributed by atoms with E-state index in [0.29, 0.717) is 5.69 Å². The number of sulfone groups is 1. The van der Waals surface area contributed by atoms with E-state index < -0.39 is 21.8 Å². The SMILES string of the molecule is COc1ncccc1NC(=O)C(N)CCS(C)(=O)=O. The van der Waals surface area contributed by atoms with Crippen molar-refractivity contribution in [1.29, 1.82) is 0 Å². The first-order valence-corrected chi connectivity index (χ1v) is 7.62. The third-order valence-electron chi connectivity index (χ3n) is 2.36. The lowest BCUT2D eigenvalue weighted by molar-refractivity contribution is -0.117. The molecule has 0 saturated carbocycles. The summed E-state index contributed by atoms with van der Waals surface area (Å²) >= 11 is 0. The van der Waals surface area contributed by atoms with Crippen LogP contribution in [0.4, 0.5) is 5.69 Å². The molecular weight excluding hydrogens is 270 g/mol. The first-order valence-electron chi connectivity index (χ1n) is 5.56. The van der Waals surface area contributed by atoms with E-state index in [1.54, 1.807) is 12.1 Å². The smallest absolute Gasteiger partial charge is 0.241 e. The van der Waals surface area contributed by atoms with E-state index >= 15 is 0 Å². The molecule has 0 aliphatic carbocycles. The fraction of sp³-hybridized carbons (Fsp3) is 0.455. The molecule has 1 rings (SSSR count). The van der Waals surface area contributed by atoms with Gasteiger partial charge in [0.1, 0.15) is 15.5 Å². The summed E-state index contributed by atoms with van der Waals surface area (Å²) in [4.78, 5) is 15.7. The lowest BCUT2D eigenvalue weighted by atomic mass is 10.2. The van der Waals surface area contributed by atoms with Crippen LogP contribution in [0.3, 0.4) is 0 Å². The number of aromatic nitrogens is 1. The predicted octanol–water partition coefficient (Wildman–Crippen LogP) is -0.209. The van der Waals surface area contributed by atoms with Gasteiger partial charge in [-0.15, -0.1) is 0 Å². The molecule has 0 aliphatic heterocycles. The van der Waals surface area contributed by atoms with Crippen LogP contribution >= 0.6 is 0 Å². The summed E-state index contributed by atoms with van der Waals surface area (Å²) in [6.07, 6.45) is 2.69. The molecule has 19 heavy (non-hydrogen) atoms. The van der Waals surface area contributed by atoms with E-state index in [0.717, 1.165) is 6.26 Å². The van der Waals surface area contributed by atoms with Gasteiger partial charge >= 0.3 is 0 Å². The van der Waals surface area contributed by atoms with Crippen LogP contribution in [0.25, 0.3) is 0 Å². The van der Waals surface area contributed by atoms with E-state index in [1.807, 2.05) is 0 Å². The number of nitrogens with one attached hydrogen (secondary N) is 1. The summed E-state index contributed by atoms with van der Waals surface area (Å²) in [5.74, 6) is -0.340. The minimum Gasteiger partial charge on any atom is -0.480 e. The van der Waals surface area contributed by atoms with E-state index in [2.05, 4.69) is 10.3 Å². The molecule has 0 aliphatic rings. The van der Waals surface area contributed by atoms with Crippen molar-refractivity contribution in [1.82, 2.24) is 4.98 Å². The van der Waals surface area contributed by atoms with Gasteiger partial charge in [-0.1, -0.05) is 0 Å². The third kappa shape index (κ3) is 5.23. The average molecular weight is 287 g/mol. The number of ether oxygens (including phenoxy) is 1. The number of carbonyl (C=O) groups excluding carboxylic acids is 1. The van der Waals surface area contributed by atoms with Crippen LogP contribution in [-0.4, -0.2) is 44.5 Å². The molecule has 1 atom stereocenters. The zero-order valence-corrected chi connectivity index (χ0v) is 11.6. The first kappa shape index (κ1) is 15.4. The van der Waals surface area contributed by atoms with Gasteiger partial charge in [-0.2, -0.15) is 0 Å². The summed E-state index contributed by atoms with van der Waals surface area (Å²) in [5.41, 5.74) is 6.02. The van der Waals surface area contributed by atoms with Gasteiger partial charge < -0.3 is 15.8 Å². The van der Waals surface area contributed by atoms with Crippen LogP contribution in [0.5, 0.6) is 5.88 Å². The van der Waals surface area contributed by atoms with Gasteiger partial charge in [-0.3, -0.25) is 4.79 Å². The van der Waals surface area contributed by atoms with E-state index in [-0.39, 0.29) is 18.1 Å². The molecule has 7 nitrogen and oxygen atoms in total. The zero-order chi connectivity index (χ0) is 14.5. The highest BCUT2D eigenvalue weighted by atomic mass is 32.2. The largest absolute Gasteiger partial charge is 0.480 e. The molecule has 0 saturated heterocycles. The predicted molar refractivity (Wildman–Crippen MR) is 71.7 cm³/mol. The van der Waals surface area contributed by atoms with Gasteiger partial charge in [0, 0.05) is 12.5 Å². The summed E-state index contributed by atoms with van der Waals surface area (Å²) in [6, 6.07) is 2.35. The molecule has 0 aromatic carbocycles. The van der Waals surface area contributed by atoms with Crippen molar-refractivity contribution in [3.63, 3.8) is 0 Å². The van der Waals surface area contributed by atoms with E-state index in [1.165, 1.54) is 13.3 Å². The summed E-state index contributed by atoms with van der Waals surface area (Å²) in [6.45, 7) is 0. The minimum absolute atomic E-state index is 0.0627. The van der Waals surface area contributed by atoms with Gasteiger partial charge in [-0.05, 0) is 18.6 Å². The molecule has 1 amide bonds. The third-order valence-corrected chi connectivity index (χ3v) is 3.34. The highest BCUT2D eigenvalue weighted by molar-refractivity contribution is 7.90. The maximum atomic E-state index is 11.8. The van der Waals surface area contributed by atoms with Gasteiger partial charge in [0.2, 0.25) is 11.8 Å². The number of hydrogen-bond donors (Lipinski definition) is 2. The standard InChI is InChI=1S/C11H17N3O4S/c1-18-11-9(4-3-6-13-11)14-10(15)8(12)5-7-19(2,16)17/h3-4,6,8H,5,7,12H2,1-2H3,(H,14,15). The van der Waals surface area contributed by atoms with Gasteiger partial charge in [0.15, 0.2) is 0 Å². The van der Waals surface area contributed by atoms with Crippen molar-refractivity contribution in [2.24, 2.45) is 5.73 Å². The number of nitrogens with two attached hydrogens (primary N) is 1. The fourth-order valence-corrected chi connectivity index (χ4v) is 2.03. The second-order valence-corrected chi connectivity index (χ2v) is 6.33. The fourth-order valence-electron chi connectivity index (χ4n) is 1.35. The quantitative estimate of drug-likeness (QED) is 0.749. The van der Waals surface area contributed by atoms with E-state index in [4.69, 9.17) is 10.5 Å². The number of pyridine rings is 1. The molecule has 1 aromatic rings. The van der Waals surface area contributed by atoms with Gasteiger partial charge in [-0.25, -0.2) is 13.4 Å². The first-order chi connectivity index (χ1) is 8.83. The molecule has 8 heteroatoms. The number of hydrogen-bond acceptors (Lipinski definition) is 6. The van der Waals surface area contributed by atoms with Crippen molar-refractivity contribution in [3.8, 4) is 5.88 Å². The number of nitrogens with zero attached hydrogens (tertiary/aromatic N) is 1. The monoisotopic (exact) mass is 287 g/mol. The number of rotatable bonds is 6. The van der Waals surface area contributed by atoms with Crippen molar-refractivity contribution in [3.05, 3.63) is 18.3 Å². The Hall–Kier alpha value is -1.67. The van der Waals surface area contributed by atoms with Crippen molar-refractivity contribution in [2.45, 2.75) is 12.5 Å². The van der Waals surface area contributed by atoms with Crippen LogP contribution in [-0.2, 0) is 14.6 Å². The maximum Gasteiger partial charge on any atom is 0.241 e. The number of anilines is 1. The second kappa shape index (κ2) is 6.48. The Morgan fingerprint density at radius 3 is 2.84 bits per heavy atom. The molecule has 0 bridgehead atoms. The average Bonchev–Trinajstić information content (AvgIpc) is 2.35. The Bertz CT molecular complexity index is 545. The lowest BCUT2D eigenvalue weighted by Gasteiger charge is -2.13. The lowest BCUT2D eigenvalue weighted by Crippen LogP contribution is -2.37. The van der Waals surface area contributed by atoms with Crippen LogP contribution in [0.15, 0.2) is 18.3 Å². The molecular formula is C11H17N3O4S. The van der Waals surface area contributed by atoms with Crippen LogP contribution in [0.1, 0.15) is 6.42 Å². The molecule has 106 valence electrons. The minimum atomic E-state index is -3.14. The molecule has 1 heterocycles. The Balaban J connectivity index is 2.64. The highest BCUT2D eigenvalue weighted by Crippen LogP contribution is 2.19. The molecule has 3 N–H and O–H groups in total. The second-order valence-electron chi connectivity index (χ2n) is 4.07. The van der Waals surface area contributed by atoms with Crippen LogP contribution < -0.4 is 15.8 Å². The Morgan fingerprint density at radius 2 is 2.26 bits per heavy atom. The topological polar surface area (TPSA) is 111 Å². The number of methoxy groups -OCH3 is 1. The maximum absolute atomic E-state index is 11.8. The van der Waals surface area contributed by atoms with Crippen molar-refractivity contribution < 1.29 is 17.9 Å². The molecule has 1 unspecified atom stereocenters. The summed E-state index contributed by atoms with van der Waals surface area (Å²) in [7, 11) is -1.70. The molecule has 1 aromatic heterocycles. The Kier molecular flexibility index (Phi) is 5.25. The zero-order valence-electron chi connectivity index (χ0n) is 10.8. The Labute approximate surface area is 112 Å². The number of amides is 1. The molecule has 0 radical (unpaired) electrons. The van der Waals surface area contributed by atoms with Crippen LogP contribution in [0.2, 0.25) is 0 Å². The number of carbonyl (C=O) groups is 1. The molecule has 0 spiro atoms. The van der Waals surface area contributed by atoms with Crippen LogP contribution in [0, 0.1) is 0 Å². The van der Waals surface area contributed by atoms with Crippen molar-refractivity contribution >= 4 is 21.4 Å². The van der Waals surface area contributed by atoms with E-state index in [9.17, 15) is 13.2 Å². The normalized spacial score (nSPS) is 12.8.